The van der Waals surface area contributed by atoms with Gasteiger partial charge in [0, 0.05) is 62.3 Å². The van der Waals surface area contributed by atoms with Gasteiger partial charge in [-0.25, -0.2) is 18.7 Å². The molecule has 10 heteroatoms. The van der Waals surface area contributed by atoms with Gasteiger partial charge in [0.15, 0.2) is 11.5 Å². The number of para-hydroxylation sites is 1. The van der Waals surface area contributed by atoms with Crippen LogP contribution in [0, 0.1) is 0 Å². The maximum absolute atomic E-state index is 13.6. The van der Waals surface area contributed by atoms with Crippen molar-refractivity contribution in [2.24, 2.45) is 0 Å². The van der Waals surface area contributed by atoms with Crippen LogP contribution < -0.4 is 4.90 Å². The first-order valence-corrected chi connectivity index (χ1v) is 13.2. The van der Waals surface area contributed by atoms with Gasteiger partial charge in [-0.05, 0) is 49.1 Å². The van der Waals surface area contributed by atoms with Crippen molar-refractivity contribution in [2.75, 3.05) is 31.1 Å². The van der Waals surface area contributed by atoms with Crippen molar-refractivity contribution in [1.29, 1.82) is 0 Å². The Morgan fingerprint density at radius 1 is 0.974 bits per heavy atom. The minimum Gasteiger partial charge on any atom is -0.370 e. The zero-order chi connectivity index (χ0) is 25.7. The summed E-state index contributed by atoms with van der Waals surface area (Å²) in [7, 11) is 0. The number of anilines is 1. The van der Waals surface area contributed by atoms with Crippen LogP contribution in [0.25, 0.3) is 44.7 Å². The second kappa shape index (κ2) is 9.13. The van der Waals surface area contributed by atoms with Gasteiger partial charge < -0.3 is 9.88 Å². The highest BCUT2D eigenvalue weighted by molar-refractivity contribution is 5.96. The molecule has 2 fully saturated rings. The average molecular weight is 515 g/mol. The van der Waals surface area contributed by atoms with E-state index in [1.807, 2.05) is 12.1 Å². The quantitative estimate of drug-likeness (QED) is 0.327. The predicted octanol–water partition coefficient (Wildman–Crippen LogP) is 5.39. The Hall–Kier alpha value is -3.92. The lowest BCUT2D eigenvalue weighted by Gasteiger charge is -2.28. The lowest BCUT2D eigenvalue weighted by atomic mass is 10.1. The summed E-state index contributed by atoms with van der Waals surface area (Å²) in [5.41, 5.74) is 7.14. The Morgan fingerprint density at radius 2 is 1.84 bits per heavy atom. The summed E-state index contributed by atoms with van der Waals surface area (Å²) in [6.45, 7) is 2.73. The number of fused-ring (bicyclic) bond motifs is 2. The number of aromatic nitrogens is 6. The van der Waals surface area contributed by atoms with Crippen molar-refractivity contribution in [2.45, 2.75) is 38.2 Å². The van der Waals surface area contributed by atoms with E-state index in [0.717, 1.165) is 57.6 Å². The molecule has 0 aliphatic carbocycles. The third-order valence-corrected chi connectivity index (χ3v) is 7.62. The fraction of sp³-hybridized carbons (Fsp3) is 0.357. The van der Waals surface area contributed by atoms with Crippen molar-refractivity contribution in [3.05, 3.63) is 54.5 Å². The molecule has 0 bridgehead atoms. The van der Waals surface area contributed by atoms with Crippen LogP contribution in [0.5, 0.6) is 0 Å². The van der Waals surface area contributed by atoms with E-state index in [1.54, 1.807) is 23.5 Å². The fourth-order valence-corrected chi connectivity index (χ4v) is 5.70. The molecule has 2 aliphatic heterocycles. The number of pyridine rings is 2. The van der Waals surface area contributed by atoms with Gasteiger partial charge in [0.1, 0.15) is 11.2 Å². The zero-order valence-electron chi connectivity index (χ0n) is 20.9. The second-order valence-corrected chi connectivity index (χ2v) is 10.4. The first kappa shape index (κ1) is 23.2. The fourth-order valence-electron chi connectivity index (χ4n) is 5.70. The van der Waals surface area contributed by atoms with Crippen molar-refractivity contribution in [3.63, 3.8) is 0 Å². The van der Waals surface area contributed by atoms with Gasteiger partial charge in [0.2, 0.25) is 0 Å². The molecule has 38 heavy (non-hydrogen) atoms. The molecule has 2 saturated heterocycles. The Balaban J connectivity index is 1.22. The molecule has 8 nitrogen and oxygen atoms in total. The van der Waals surface area contributed by atoms with Crippen LogP contribution in [0.2, 0.25) is 0 Å². The van der Waals surface area contributed by atoms with Crippen LogP contribution in [-0.2, 0) is 6.54 Å². The van der Waals surface area contributed by atoms with Crippen LogP contribution in [-0.4, -0.2) is 67.1 Å². The maximum Gasteiger partial charge on any atom is 0.261 e. The van der Waals surface area contributed by atoms with E-state index in [0.29, 0.717) is 24.6 Å². The molecule has 5 aromatic rings. The maximum atomic E-state index is 13.6. The van der Waals surface area contributed by atoms with E-state index in [4.69, 9.17) is 4.98 Å². The first-order valence-electron chi connectivity index (χ1n) is 13.2. The van der Waals surface area contributed by atoms with Gasteiger partial charge in [-0.2, -0.15) is 5.10 Å². The average Bonchev–Trinajstić information content (AvgIpc) is 3.64. The smallest absolute Gasteiger partial charge is 0.261 e. The number of halogens is 2. The minimum atomic E-state index is -2.61. The number of imidazole rings is 1. The summed E-state index contributed by atoms with van der Waals surface area (Å²) in [5.74, 6) is -1.89. The van der Waals surface area contributed by atoms with Crippen LogP contribution >= 0.6 is 0 Å². The van der Waals surface area contributed by atoms with E-state index in [-0.39, 0.29) is 13.0 Å². The molecule has 2 N–H and O–H groups in total. The number of nitrogens with one attached hydrogen (secondary N) is 2. The first-order chi connectivity index (χ1) is 18.5. The zero-order valence-corrected chi connectivity index (χ0v) is 20.9. The number of H-pyrrole nitrogens is 2. The van der Waals surface area contributed by atoms with Crippen LogP contribution in [0.4, 0.5) is 14.5 Å². The molecule has 194 valence electrons. The molecule has 0 unspecified atom stereocenters. The third-order valence-electron chi connectivity index (χ3n) is 7.62. The van der Waals surface area contributed by atoms with Gasteiger partial charge in [-0.15, -0.1) is 0 Å². The van der Waals surface area contributed by atoms with E-state index in [9.17, 15) is 8.78 Å². The van der Waals surface area contributed by atoms with Crippen molar-refractivity contribution < 1.29 is 8.78 Å². The second-order valence-electron chi connectivity index (χ2n) is 10.4. The number of piperidine rings is 1. The standard InChI is InChI=1S/C28H28F2N8/c29-28(30)7-10-37(17-28)16-18-11-19(14-31-13-18)20-12-21-24(35-36-26(21)32-15-20)27-33-22-5-4-6-23(25(22)34-27)38-8-2-1-3-9-38/h4-6,11-15H,1-3,7-10,16-17H2,(H,33,34)(H,32,35,36). The highest BCUT2D eigenvalue weighted by Gasteiger charge is 2.37. The van der Waals surface area contributed by atoms with Gasteiger partial charge in [0.25, 0.3) is 5.92 Å². The van der Waals surface area contributed by atoms with Crippen molar-refractivity contribution in [1.82, 2.24) is 35.0 Å². The van der Waals surface area contributed by atoms with Gasteiger partial charge in [-0.3, -0.25) is 15.0 Å². The lowest BCUT2D eigenvalue weighted by Crippen LogP contribution is -2.29. The van der Waals surface area contributed by atoms with E-state index >= 15 is 0 Å². The molecule has 4 aromatic heterocycles. The molecule has 1 aromatic carbocycles. The summed E-state index contributed by atoms with van der Waals surface area (Å²) < 4.78 is 27.3. The number of alkyl halides is 2. The molecule has 0 radical (unpaired) electrons. The highest BCUT2D eigenvalue weighted by Crippen LogP contribution is 2.33. The SMILES string of the molecule is FC1(F)CCN(Cc2cncc(-c3cnc4n[nH]c(-c5nc6c(N7CCCCC7)cccc6[nH]5)c4c3)c2)C1. The number of aromatic amines is 2. The minimum absolute atomic E-state index is 0.0920. The van der Waals surface area contributed by atoms with Crippen LogP contribution in [0.15, 0.2) is 48.9 Å². The van der Waals surface area contributed by atoms with Crippen LogP contribution in [0.1, 0.15) is 31.2 Å². The van der Waals surface area contributed by atoms with Crippen molar-refractivity contribution >= 4 is 27.8 Å². The van der Waals surface area contributed by atoms with Crippen LogP contribution in [0.3, 0.4) is 0 Å². The van der Waals surface area contributed by atoms with E-state index in [2.05, 4.69) is 48.2 Å². The number of nitrogens with zero attached hydrogens (tertiary/aromatic N) is 6. The summed E-state index contributed by atoms with van der Waals surface area (Å²) in [6.07, 6.45) is 8.87. The highest BCUT2D eigenvalue weighted by atomic mass is 19.3. The Morgan fingerprint density at radius 3 is 2.68 bits per heavy atom. The molecular formula is C28H28F2N8. The van der Waals surface area contributed by atoms with Gasteiger partial charge >= 0.3 is 0 Å². The molecule has 2 aliphatic rings. The largest absolute Gasteiger partial charge is 0.370 e. The normalized spacial score (nSPS) is 18.1. The molecular weight excluding hydrogens is 486 g/mol. The molecule has 6 heterocycles. The van der Waals surface area contributed by atoms with Crippen molar-refractivity contribution in [3.8, 4) is 22.6 Å². The predicted molar refractivity (Wildman–Crippen MR) is 143 cm³/mol. The number of rotatable bonds is 5. The number of hydrogen-bond acceptors (Lipinski definition) is 6. The summed E-state index contributed by atoms with van der Waals surface area (Å²) in [5, 5.41) is 8.39. The van der Waals surface area contributed by atoms with Gasteiger partial charge in [-0.1, -0.05) is 6.07 Å². The molecule has 0 spiro atoms. The number of hydrogen-bond donors (Lipinski definition) is 2. The summed E-state index contributed by atoms with van der Waals surface area (Å²) in [6, 6.07) is 10.3. The molecule has 0 saturated carbocycles. The van der Waals surface area contributed by atoms with Gasteiger partial charge in [0.05, 0.1) is 23.1 Å². The Bertz CT molecular complexity index is 1620. The third kappa shape index (κ3) is 4.28. The van der Waals surface area contributed by atoms with E-state index < -0.39 is 5.92 Å². The lowest BCUT2D eigenvalue weighted by molar-refractivity contribution is 0.0115. The molecule has 0 atom stereocenters. The number of benzene rings is 1. The summed E-state index contributed by atoms with van der Waals surface area (Å²) >= 11 is 0. The van der Waals surface area contributed by atoms with E-state index in [1.165, 1.54) is 19.3 Å². The number of likely N-dealkylation sites (tertiary alicyclic amines) is 1. The topological polar surface area (TPSA) is 89.6 Å². The Kier molecular flexibility index (Phi) is 5.57. The Labute approximate surface area is 218 Å². The summed E-state index contributed by atoms with van der Waals surface area (Å²) in [4.78, 5) is 21.6. The monoisotopic (exact) mass is 514 g/mol. The molecule has 7 rings (SSSR count). The molecule has 0 amide bonds.